The van der Waals surface area contributed by atoms with Gasteiger partial charge in [-0.25, -0.2) is 9.78 Å². The molecule has 0 bridgehead atoms. The Morgan fingerprint density at radius 1 is 1.19 bits per heavy atom. The van der Waals surface area contributed by atoms with Crippen LogP contribution in [0, 0.1) is 13.8 Å². The Balaban J connectivity index is 3.37. The van der Waals surface area contributed by atoms with Crippen LogP contribution in [-0.2, 0) is 0 Å². The summed E-state index contributed by atoms with van der Waals surface area (Å²) in [6, 6.07) is 1.20. The van der Waals surface area contributed by atoms with E-state index in [-0.39, 0.29) is 11.3 Å². The van der Waals surface area contributed by atoms with Gasteiger partial charge in [0.1, 0.15) is 5.56 Å². The summed E-state index contributed by atoms with van der Waals surface area (Å²) in [7, 11) is 0. The Kier molecular flexibility index (Phi) is 4.40. The molecule has 21 heavy (non-hydrogen) atoms. The predicted octanol–water partition coefficient (Wildman–Crippen LogP) is 3.27. The minimum absolute atomic E-state index is 0.0237. The molecule has 1 heterocycles. The van der Waals surface area contributed by atoms with E-state index in [9.17, 15) is 31.1 Å². The van der Waals surface area contributed by atoms with Crippen molar-refractivity contribution < 1.29 is 41.0 Å². The first-order chi connectivity index (χ1) is 9.34. The zero-order valence-electron chi connectivity index (χ0n) is 10.6. The summed E-state index contributed by atoms with van der Waals surface area (Å²) in [5, 5.41) is 8.87. The predicted molar refractivity (Wildman–Crippen MR) is 57.2 cm³/mol. The van der Waals surface area contributed by atoms with Gasteiger partial charge in [-0.15, -0.1) is 0 Å². The number of hydrogen-bond acceptors (Lipinski definition) is 3. The summed E-state index contributed by atoms with van der Waals surface area (Å²) < 4.78 is 78.3. The summed E-state index contributed by atoms with van der Waals surface area (Å²) >= 11 is 0. The van der Waals surface area contributed by atoms with Gasteiger partial charge in [-0.05, 0) is 25.5 Å². The molecular weight excluding hydrogens is 308 g/mol. The van der Waals surface area contributed by atoms with Crippen LogP contribution in [0.5, 0.6) is 5.88 Å². The number of aromatic carboxylic acids is 1. The fourth-order valence-corrected chi connectivity index (χ4v) is 1.58. The Bertz CT molecular complexity index is 538. The van der Waals surface area contributed by atoms with E-state index in [1.165, 1.54) is 19.9 Å². The molecule has 0 atom stereocenters. The van der Waals surface area contributed by atoms with Crippen LogP contribution in [0.3, 0.4) is 0 Å². The molecule has 1 aromatic rings. The number of rotatable bonds is 3. The van der Waals surface area contributed by atoms with Crippen molar-refractivity contribution in [1.82, 2.24) is 4.98 Å². The van der Waals surface area contributed by atoms with Gasteiger partial charge in [0.25, 0.3) is 6.10 Å². The molecule has 0 radical (unpaired) electrons. The van der Waals surface area contributed by atoms with Crippen molar-refractivity contribution in [2.75, 3.05) is 0 Å². The molecule has 0 aliphatic carbocycles. The first-order valence-electron chi connectivity index (χ1n) is 5.35. The molecule has 1 aromatic heterocycles. The van der Waals surface area contributed by atoms with Gasteiger partial charge in [0.15, 0.2) is 0 Å². The Labute approximate surface area is 114 Å². The first-order valence-corrected chi connectivity index (χ1v) is 5.35. The van der Waals surface area contributed by atoms with Crippen molar-refractivity contribution >= 4 is 5.97 Å². The number of ether oxygens (including phenoxy) is 1. The lowest BCUT2D eigenvalue weighted by atomic mass is 10.1. The Morgan fingerprint density at radius 3 is 2.05 bits per heavy atom. The van der Waals surface area contributed by atoms with E-state index in [0.29, 0.717) is 0 Å². The van der Waals surface area contributed by atoms with Crippen LogP contribution in [0.4, 0.5) is 26.3 Å². The number of aromatic nitrogens is 1. The van der Waals surface area contributed by atoms with Crippen molar-refractivity contribution in [2.45, 2.75) is 32.3 Å². The summed E-state index contributed by atoms with van der Waals surface area (Å²) in [5.41, 5.74) is -0.886. The summed E-state index contributed by atoms with van der Waals surface area (Å²) in [6.07, 6.45) is -15.7. The van der Waals surface area contributed by atoms with E-state index in [0.717, 1.165) is 0 Å². The van der Waals surface area contributed by atoms with E-state index in [4.69, 9.17) is 5.11 Å². The van der Waals surface area contributed by atoms with Gasteiger partial charge in [0.05, 0.1) is 0 Å². The molecule has 0 aliphatic rings. The highest BCUT2D eigenvalue weighted by Crippen LogP contribution is 2.37. The van der Waals surface area contributed by atoms with E-state index < -0.39 is 35.9 Å². The zero-order valence-corrected chi connectivity index (χ0v) is 10.6. The van der Waals surface area contributed by atoms with Gasteiger partial charge >= 0.3 is 18.3 Å². The summed E-state index contributed by atoms with van der Waals surface area (Å²) in [4.78, 5) is 14.3. The second-order valence-corrected chi connectivity index (χ2v) is 4.15. The smallest absolute Gasteiger partial charge is 0.434 e. The lowest BCUT2D eigenvalue weighted by Crippen LogP contribution is -2.47. The lowest BCUT2D eigenvalue weighted by Gasteiger charge is -2.24. The molecule has 0 saturated carbocycles. The van der Waals surface area contributed by atoms with Crippen molar-refractivity contribution in [3.05, 3.63) is 22.9 Å². The number of pyridine rings is 1. The molecule has 0 unspecified atom stereocenters. The van der Waals surface area contributed by atoms with Crippen LogP contribution >= 0.6 is 0 Å². The molecule has 0 fully saturated rings. The molecule has 1 rings (SSSR count). The molecule has 0 spiro atoms. The number of carboxylic acids is 1. The van der Waals surface area contributed by atoms with E-state index in [1.54, 1.807) is 0 Å². The third kappa shape index (κ3) is 3.99. The molecule has 1 N–H and O–H groups in total. The molecular formula is C11H9F6NO3. The van der Waals surface area contributed by atoms with Gasteiger partial charge in [-0.1, -0.05) is 0 Å². The number of hydrogen-bond donors (Lipinski definition) is 1. The Morgan fingerprint density at radius 2 is 1.67 bits per heavy atom. The number of carboxylic acid groups (broad SMARTS) is 1. The minimum atomic E-state index is -5.76. The maximum absolute atomic E-state index is 12.4. The van der Waals surface area contributed by atoms with Crippen LogP contribution in [0.15, 0.2) is 6.07 Å². The van der Waals surface area contributed by atoms with Crippen LogP contribution in [0.25, 0.3) is 0 Å². The topological polar surface area (TPSA) is 59.4 Å². The van der Waals surface area contributed by atoms with Crippen LogP contribution in [0.1, 0.15) is 21.6 Å². The highest BCUT2D eigenvalue weighted by Gasteiger charge is 2.59. The molecule has 4 nitrogen and oxygen atoms in total. The zero-order chi connectivity index (χ0) is 16.6. The number of aryl methyl sites for hydroxylation is 2. The van der Waals surface area contributed by atoms with E-state index in [2.05, 4.69) is 9.72 Å². The number of alkyl halides is 6. The Hall–Kier alpha value is -2.00. The monoisotopic (exact) mass is 317 g/mol. The molecule has 0 amide bonds. The van der Waals surface area contributed by atoms with Crippen molar-refractivity contribution in [3.8, 4) is 5.88 Å². The third-order valence-electron chi connectivity index (χ3n) is 2.35. The highest BCUT2D eigenvalue weighted by molar-refractivity contribution is 5.91. The minimum Gasteiger partial charge on any atom is -0.477 e. The molecule has 118 valence electrons. The maximum Gasteiger partial charge on any atom is 0.434 e. The fourth-order valence-electron chi connectivity index (χ4n) is 1.58. The highest BCUT2D eigenvalue weighted by atomic mass is 19.4. The quantitative estimate of drug-likeness (QED) is 0.869. The normalized spacial score (nSPS) is 12.6. The number of carbonyl (C=O) groups is 1. The van der Waals surface area contributed by atoms with Crippen molar-refractivity contribution in [1.29, 1.82) is 0 Å². The van der Waals surface area contributed by atoms with Crippen LogP contribution in [0.2, 0.25) is 0 Å². The second-order valence-electron chi connectivity index (χ2n) is 4.15. The second kappa shape index (κ2) is 5.41. The molecule has 0 saturated heterocycles. The van der Waals surface area contributed by atoms with Gasteiger partial charge in [0.2, 0.25) is 5.88 Å². The average Bonchev–Trinajstić information content (AvgIpc) is 2.20. The van der Waals surface area contributed by atoms with E-state index in [1.807, 2.05) is 0 Å². The van der Waals surface area contributed by atoms with Crippen molar-refractivity contribution in [2.24, 2.45) is 0 Å². The third-order valence-corrected chi connectivity index (χ3v) is 2.35. The van der Waals surface area contributed by atoms with Gasteiger partial charge in [0, 0.05) is 5.69 Å². The fraction of sp³-hybridized carbons (Fsp3) is 0.455. The SMILES string of the molecule is Cc1cc(C)c(C(=O)O)c(OC(C(F)(F)F)C(F)(F)F)n1. The maximum atomic E-state index is 12.4. The molecule has 0 aliphatic heterocycles. The van der Waals surface area contributed by atoms with Gasteiger partial charge in [-0.3, -0.25) is 0 Å². The van der Waals surface area contributed by atoms with Gasteiger partial charge in [-0.2, -0.15) is 26.3 Å². The summed E-state index contributed by atoms with van der Waals surface area (Å²) in [5.74, 6) is -2.96. The largest absolute Gasteiger partial charge is 0.477 e. The standard InChI is InChI=1S/C11H9F6NO3/c1-4-3-5(2)18-7(6(4)8(19)20)21-9(10(12,13)14)11(15,16)17/h3,9H,1-2H3,(H,19,20). The number of nitrogens with zero attached hydrogens (tertiary/aromatic N) is 1. The van der Waals surface area contributed by atoms with Crippen molar-refractivity contribution in [3.63, 3.8) is 0 Å². The molecule has 0 aromatic carbocycles. The van der Waals surface area contributed by atoms with E-state index >= 15 is 0 Å². The first kappa shape index (κ1) is 17.1. The average molecular weight is 317 g/mol. The lowest BCUT2D eigenvalue weighted by molar-refractivity contribution is -0.300. The van der Waals surface area contributed by atoms with Gasteiger partial charge < -0.3 is 9.84 Å². The summed E-state index contributed by atoms with van der Waals surface area (Å²) in [6.45, 7) is 2.49. The molecule has 10 heteroatoms. The number of halogens is 6. The van der Waals surface area contributed by atoms with Crippen LogP contribution in [-0.4, -0.2) is 34.5 Å². The van der Waals surface area contributed by atoms with Crippen LogP contribution < -0.4 is 4.74 Å².